The highest BCUT2D eigenvalue weighted by atomic mass is 35.5. The molecule has 2 atom stereocenters. The summed E-state index contributed by atoms with van der Waals surface area (Å²) in [6.07, 6.45) is 1.81. The minimum Gasteiger partial charge on any atom is -0.459 e. The number of nitrogens with zero attached hydrogens (tertiary/aromatic N) is 2. The van der Waals surface area contributed by atoms with Crippen LogP contribution >= 0.6 is 23.8 Å². The maximum Gasteiger partial charge on any atom is 0.174 e. The van der Waals surface area contributed by atoms with Crippen LogP contribution in [0.5, 0.6) is 0 Å². The predicted octanol–water partition coefficient (Wildman–Crippen LogP) is 7.60. The van der Waals surface area contributed by atoms with Crippen molar-refractivity contribution in [2.75, 3.05) is 4.90 Å². The molecule has 1 aliphatic rings. The van der Waals surface area contributed by atoms with Crippen molar-refractivity contribution in [2.24, 2.45) is 0 Å². The van der Waals surface area contributed by atoms with Gasteiger partial charge in [-0.15, -0.1) is 0 Å². The Morgan fingerprint density at radius 2 is 1.82 bits per heavy atom. The highest BCUT2D eigenvalue weighted by molar-refractivity contribution is 7.80. The average Bonchev–Trinajstić information content (AvgIpc) is 3.46. The molecule has 0 radical (unpaired) electrons. The summed E-state index contributed by atoms with van der Waals surface area (Å²) in [6, 6.07) is 24.0. The molecule has 34 heavy (non-hydrogen) atoms. The fourth-order valence-electron chi connectivity index (χ4n) is 4.46. The van der Waals surface area contributed by atoms with Gasteiger partial charge in [0, 0.05) is 22.5 Å². The Kier molecular flexibility index (Phi) is 6.15. The Morgan fingerprint density at radius 3 is 2.53 bits per heavy atom. The van der Waals surface area contributed by atoms with E-state index in [0.29, 0.717) is 16.1 Å². The summed E-state index contributed by atoms with van der Waals surface area (Å²) in [6.45, 7) is 6.44. The van der Waals surface area contributed by atoms with Gasteiger partial charge in [0.05, 0.1) is 11.7 Å². The first-order chi connectivity index (χ1) is 16.4. The van der Waals surface area contributed by atoms with Gasteiger partial charge in [-0.25, -0.2) is 0 Å². The van der Waals surface area contributed by atoms with Gasteiger partial charge in [0.25, 0.3) is 0 Å². The topological polar surface area (TPSA) is 41.3 Å². The Labute approximate surface area is 210 Å². The molecule has 0 amide bonds. The van der Waals surface area contributed by atoms with Crippen molar-refractivity contribution in [1.82, 2.24) is 10.3 Å². The molecule has 3 heterocycles. The first-order valence-corrected chi connectivity index (χ1v) is 12.2. The molecule has 0 saturated carbocycles. The number of hydrogen-bond donors (Lipinski definition) is 1. The number of aromatic nitrogens is 1. The third kappa shape index (κ3) is 4.22. The lowest BCUT2D eigenvalue weighted by Gasteiger charge is -2.26. The van der Waals surface area contributed by atoms with Crippen LogP contribution in [0.3, 0.4) is 0 Å². The average molecular weight is 488 g/mol. The molecule has 2 aromatic carbocycles. The molecule has 1 saturated heterocycles. The highest BCUT2D eigenvalue weighted by Gasteiger charge is 2.42. The van der Waals surface area contributed by atoms with Gasteiger partial charge in [-0.3, -0.25) is 4.98 Å². The van der Waals surface area contributed by atoms with Crippen LogP contribution in [0, 0.1) is 6.92 Å². The van der Waals surface area contributed by atoms with Crippen LogP contribution in [0.25, 0.3) is 11.3 Å². The molecular weight excluding hydrogens is 462 g/mol. The minimum atomic E-state index is -0.194. The van der Waals surface area contributed by atoms with Crippen molar-refractivity contribution in [3.63, 3.8) is 0 Å². The molecule has 0 spiro atoms. The Balaban J connectivity index is 1.59. The molecule has 1 aliphatic heterocycles. The summed E-state index contributed by atoms with van der Waals surface area (Å²) < 4.78 is 6.48. The molecular formula is C28H26ClN3OS. The number of nitrogens with one attached hydrogen (secondary N) is 1. The van der Waals surface area contributed by atoms with E-state index in [0.717, 1.165) is 34.0 Å². The van der Waals surface area contributed by atoms with E-state index in [-0.39, 0.29) is 12.1 Å². The summed E-state index contributed by atoms with van der Waals surface area (Å²) >= 11 is 12.1. The lowest BCUT2D eigenvalue weighted by atomic mass is 10.0. The van der Waals surface area contributed by atoms with Gasteiger partial charge in [-0.05, 0) is 84.7 Å². The van der Waals surface area contributed by atoms with Gasteiger partial charge in [-0.1, -0.05) is 49.7 Å². The van der Waals surface area contributed by atoms with Crippen molar-refractivity contribution in [3.8, 4) is 11.3 Å². The third-order valence-electron chi connectivity index (χ3n) is 6.32. The van der Waals surface area contributed by atoms with Gasteiger partial charge in [0.2, 0.25) is 0 Å². The van der Waals surface area contributed by atoms with Crippen LogP contribution < -0.4 is 10.2 Å². The Bertz CT molecular complexity index is 1320. The summed E-state index contributed by atoms with van der Waals surface area (Å²) in [7, 11) is 0. The second kappa shape index (κ2) is 9.24. The third-order valence-corrected chi connectivity index (χ3v) is 6.87. The number of hydrogen-bond acceptors (Lipinski definition) is 3. The largest absolute Gasteiger partial charge is 0.459 e. The van der Waals surface area contributed by atoms with E-state index in [1.54, 1.807) is 6.20 Å². The van der Waals surface area contributed by atoms with Crippen molar-refractivity contribution in [2.45, 2.75) is 38.8 Å². The normalized spacial score (nSPS) is 17.9. The minimum absolute atomic E-state index is 0.155. The highest BCUT2D eigenvalue weighted by Crippen LogP contribution is 2.43. The first-order valence-electron chi connectivity index (χ1n) is 11.4. The fourth-order valence-corrected chi connectivity index (χ4v) is 4.98. The van der Waals surface area contributed by atoms with E-state index in [2.05, 4.69) is 60.2 Å². The van der Waals surface area contributed by atoms with Gasteiger partial charge >= 0.3 is 0 Å². The second-order valence-electron chi connectivity index (χ2n) is 8.90. The van der Waals surface area contributed by atoms with Crippen molar-refractivity contribution < 1.29 is 4.42 Å². The molecule has 2 aromatic heterocycles. The molecule has 0 aliphatic carbocycles. The van der Waals surface area contributed by atoms with E-state index in [1.807, 2.05) is 48.5 Å². The van der Waals surface area contributed by atoms with Crippen LogP contribution in [-0.2, 0) is 0 Å². The zero-order chi connectivity index (χ0) is 23.8. The van der Waals surface area contributed by atoms with Crippen molar-refractivity contribution in [1.29, 1.82) is 0 Å². The lowest BCUT2D eigenvalue weighted by molar-refractivity contribution is 0.439. The predicted molar refractivity (Wildman–Crippen MR) is 142 cm³/mol. The SMILES string of the molecule is Cc1ccc(Cl)cc1-c1ccc([C@H]2[C@H](c3ccccn3)NC(=S)N2c2ccc(C(C)C)cc2)o1. The number of aryl methyl sites for hydroxylation is 1. The quantitative estimate of drug-likeness (QED) is 0.293. The number of pyridine rings is 1. The zero-order valence-electron chi connectivity index (χ0n) is 19.3. The fraction of sp³-hybridized carbons (Fsp3) is 0.214. The number of rotatable bonds is 5. The number of thiocarbonyl (C=S) groups is 1. The summed E-state index contributed by atoms with van der Waals surface area (Å²) in [5, 5.41) is 4.82. The molecule has 0 bridgehead atoms. The monoisotopic (exact) mass is 487 g/mol. The smallest absolute Gasteiger partial charge is 0.174 e. The number of furan rings is 1. The molecule has 4 aromatic rings. The molecule has 6 heteroatoms. The van der Waals surface area contributed by atoms with Gasteiger partial charge < -0.3 is 14.6 Å². The van der Waals surface area contributed by atoms with E-state index in [9.17, 15) is 0 Å². The summed E-state index contributed by atoms with van der Waals surface area (Å²) in [5.74, 6) is 2.05. The van der Waals surface area contributed by atoms with E-state index in [1.165, 1.54) is 5.56 Å². The van der Waals surface area contributed by atoms with Gasteiger partial charge in [0.15, 0.2) is 5.11 Å². The zero-order valence-corrected chi connectivity index (χ0v) is 20.9. The maximum absolute atomic E-state index is 6.48. The van der Waals surface area contributed by atoms with Crippen molar-refractivity contribution >= 4 is 34.6 Å². The lowest BCUT2D eigenvalue weighted by Crippen LogP contribution is -2.29. The van der Waals surface area contributed by atoms with E-state index >= 15 is 0 Å². The molecule has 0 unspecified atom stereocenters. The molecule has 4 nitrogen and oxygen atoms in total. The van der Waals surface area contributed by atoms with Gasteiger partial charge in [0.1, 0.15) is 17.6 Å². The number of halogens is 1. The van der Waals surface area contributed by atoms with Crippen molar-refractivity contribution in [3.05, 3.63) is 107 Å². The Morgan fingerprint density at radius 1 is 1.03 bits per heavy atom. The standard InChI is InChI=1S/C28H26ClN3OS/c1-17(2)19-8-11-21(12-9-19)32-27(26(31-28(32)34)23-6-4-5-15-30-23)25-14-13-24(33-25)22-16-20(29)10-7-18(22)3/h4-17,26-27H,1-3H3,(H,31,34)/t26-,27-/m0/s1. The summed E-state index contributed by atoms with van der Waals surface area (Å²) in [5.41, 5.74) is 5.30. The Hall–Kier alpha value is -3.15. The second-order valence-corrected chi connectivity index (χ2v) is 9.73. The summed E-state index contributed by atoms with van der Waals surface area (Å²) in [4.78, 5) is 6.75. The van der Waals surface area contributed by atoms with Gasteiger partial charge in [-0.2, -0.15) is 0 Å². The molecule has 5 rings (SSSR count). The van der Waals surface area contributed by atoms with E-state index in [4.69, 9.17) is 28.2 Å². The van der Waals surface area contributed by atoms with Crippen LogP contribution in [0.4, 0.5) is 5.69 Å². The number of anilines is 1. The van der Waals surface area contributed by atoms with Crippen LogP contribution in [0.15, 0.2) is 83.4 Å². The van der Waals surface area contributed by atoms with Crippen LogP contribution in [-0.4, -0.2) is 10.1 Å². The first kappa shape index (κ1) is 22.6. The molecule has 1 N–H and O–H groups in total. The number of benzene rings is 2. The van der Waals surface area contributed by atoms with Crippen LogP contribution in [0.2, 0.25) is 5.02 Å². The molecule has 172 valence electrons. The maximum atomic E-state index is 6.48. The molecule has 1 fully saturated rings. The van der Waals surface area contributed by atoms with Crippen LogP contribution in [0.1, 0.15) is 54.4 Å². The van der Waals surface area contributed by atoms with E-state index < -0.39 is 0 Å².